The molecule has 0 atom stereocenters. The lowest BCUT2D eigenvalue weighted by Crippen LogP contribution is -1.96. The van der Waals surface area contributed by atoms with Gasteiger partial charge >= 0.3 is 0 Å². The van der Waals surface area contributed by atoms with Crippen LogP contribution < -0.4 is 0 Å². The highest BCUT2D eigenvalue weighted by Gasteiger charge is 2.02. The van der Waals surface area contributed by atoms with Crippen molar-refractivity contribution in [3.63, 3.8) is 0 Å². The van der Waals surface area contributed by atoms with Crippen LogP contribution in [0, 0.1) is 6.92 Å². The molecule has 0 unspecified atom stereocenters. The summed E-state index contributed by atoms with van der Waals surface area (Å²) >= 11 is 0. The summed E-state index contributed by atoms with van der Waals surface area (Å²) in [5, 5.41) is 8.87. The van der Waals surface area contributed by atoms with Crippen molar-refractivity contribution in [2.24, 2.45) is 0 Å². The largest absolute Gasteiger partial charge is 0.396 e. The van der Waals surface area contributed by atoms with Gasteiger partial charge in [-0.25, -0.2) is 0 Å². The molecule has 0 saturated heterocycles. The summed E-state index contributed by atoms with van der Waals surface area (Å²) in [6.07, 6.45) is 0.583. The monoisotopic (exact) mass is 214 g/mol. The number of aliphatic hydroxyl groups excluding tert-OH is 1. The number of aromatic nitrogens is 2. The lowest BCUT2D eigenvalue weighted by atomic mass is 10.2. The summed E-state index contributed by atoms with van der Waals surface area (Å²) < 4.78 is 0. The van der Waals surface area contributed by atoms with E-state index in [0.717, 1.165) is 22.8 Å². The first kappa shape index (κ1) is 10.8. The molecule has 0 aliphatic carbocycles. The maximum Gasteiger partial charge on any atom is 0.0889 e. The third-order valence-corrected chi connectivity index (χ3v) is 2.33. The molecule has 3 nitrogen and oxygen atoms in total. The number of hydrogen-bond donors (Lipinski definition) is 1. The number of aryl methyl sites for hydroxylation is 1. The minimum Gasteiger partial charge on any atom is -0.396 e. The van der Waals surface area contributed by atoms with Crippen LogP contribution in [0.4, 0.5) is 0 Å². The van der Waals surface area contributed by atoms with Crippen molar-refractivity contribution < 1.29 is 5.11 Å². The molecule has 2 heterocycles. The predicted molar refractivity (Wildman–Crippen MR) is 63.0 cm³/mol. The average molecular weight is 214 g/mol. The van der Waals surface area contributed by atoms with Crippen LogP contribution in [0.2, 0.25) is 0 Å². The molecule has 0 spiro atoms. The first-order valence-electron chi connectivity index (χ1n) is 5.30. The molecule has 16 heavy (non-hydrogen) atoms. The van der Waals surface area contributed by atoms with Crippen LogP contribution in [0.5, 0.6) is 0 Å². The van der Waals surface area contributed by atoms with Gasteiger partial charge in [0.2, 0.25) is 0 Å². The van der Waals surface area contributed by atoms with Gasteiger partial charge in [-0.2, -0.15) is 0 Å². The van der Waals surface area contributed by atoms with E-state index in [0.29, 0.717) is 6.42 Å². The quantitative estimate of drug-likeness (QED) is 0.849. The van der Waals surface area contributed by atoms with E-state index in [9.17, 15) is 0 Å². The smallest absolute Gasteiger partial charge is 0.0889 e. The van der Waals surface area contributed by atoms with Crippen LogP contribution in [0.1, 0.15) is 11.4 Å². The Morgan fingerprint density at radius 2 is 1.69 bits per heavy atom. The molecule has 0 fully saturated rings. The van der Waals surface area contributed by atoms with E-state index in [1.54, 1.807) is 0 Å². The Kier molecular flexibility index (Phi) is 3.27. The Bertz CT molecular complexity index is 483. The third-order valence-electron chi connectivity index (χ3n) is 2.33. The zero-order valence-corrected chi connectivity index (χ0v) is 9.22. The van der Waals surface area contributed by atoms with Crippen LogP contribution in [-0.2, 0) is 6.42 Å². The first-order valence-corrected chi connectivity index (χ1v) is 5.30. The second kappa shape index (κ2) is 4.86. The molecule has 0 radical (unpaired) electrons. The SMILES string of the molecule is Cc1cccc(-c2cccc(CCO)n2)n1. The van der Waals surface area contributed by atoms with Gasteiger partial charge in [0.05, 0.1) is 11.4 Å². The van der Waals surface area contributed by atoms with Gasteiger partial charge in [-0.05, 0) is 31.2 Å². The lowest BCUT2D eigenvalue weighted by molar-refractivity contribution is 0.298. The Morgan fingerprint density at radius 3 is 2.38 bits per heavy atom. The van der Waals surface area contributed by atoms with Crippen molar-refractivity contribution in [2.45, 2.75) is 13.3 Å². The van der Waals surface area contributed by atoms with Crippen LogP contribution in [-0.4, -0.2) is 21.7 Å². The van der Waals surface area contributed by atoms with Gasteiger partial charge in [0.25, 0.3) is 0 Å². The highest BCUT2D eigenvalue weighted by atomic mass is 16.3. The van der Waals surface area contributed by atoms with Gasteiger partial charge in [-0.15, -0.1) is 0 Å². The fourth-order valence-electron chi connectivity index (χ4n) is 1.56. The van der Waals surface area contributed by atoms with Gasteiger partial charge in [-0.3, -0.25) is 9.97 Å². The van der Waals surface area contributed by atoms with Crippen molar-refractivity contribution in [1.82, 2.24) is 9.97 Å². The lowest BCUT2D eigenvalue weighted by Gasteiger charge is -2.03. The molecule has 82 valence electrons. The number of nitrogens with zero attached hydrogens (tertiary/aromatic N) is 2. The second-order valence-corrected chi connectivity index (χ2v) is 3.65. The minimum atomic E-state index is 0.123. The van der Waals surface area contributed by atoms with Gasteiger partial charge in [-0.1, -0.05) is 12.1 Å². The minimum absolute atomic E-state index is 0.123. The molecule has 2 rings (SSSR count). The second-order valence-electron chi connectivity index (χ2n) is 3.65. The zero-order valence-electron chi connectivity index (χ0n) is 9.22. The fraction of sp³-hybridized carbons (Fsp3) is 0.231. The summed E-state index contributed by atoms with van der Waals surface area (Å²) in [5.74, 6) is 0. The summed E-state index contributed by atoms with van der Waals surface area (Å²) in [4.78, 5) is 8.87. The fourth-order valence-corrected chi connectivity index (χ4v) is 1.56. The van der Waals surface area contributed by atoms with E-state index in [1.807, 2.05) is 43.3 Å². The van der Waals surface area contributed by atoms with E-state index in [1.165, 1.54) is 0 Å². The van der Waals surface area contributed by atoms with Crippen molar-refractivity contribution in [1.29, 1.82) is 0 Å². The summed E-state index contributed by atoms with van der Waals surface area (Å²) in [6.45, 7) is 2.08. The molecular formula is C13H14N2O. The van der Waals surface area contributed by atoms with E-state index in [2.05, 4.69) is 9.97 Å². The van der Waals surface area contributed by atoms with Crippen LogP contribution in [0.25, 0.3) is 11.4 Å². The van der Waals surface area contributed by atoms with Gasteiger partial charge in [0.1, 0.15) is 0 Å². The Hall–Kier alpha value is -1.74. The maximum absolute atomic E-state index is 8.87. The standard InChI is InChI=1S/C13H14N2O/c1-10-4-2-6-12(14-10)13-7-3-5-11(15-13)8-9-16/h2-7,16H,8-9H2,1H3. The van der Waals surface area contributed by atoms with Crippen LogP contribution in [0.3, 0.4) is 0 Å². The molecule has 2 aromatic heterocycles. The molecule has 0 aliphatic heterocycles. The third kappa shape index (κ3) is 2.44. The van der Waals surface area contributed by atoms with Crippen molar-refractivity contribution in [3.8, 4) is 11.4 Å². The van der Waals surface area contributed by atoms with E-state index < -0.39 is 0 Å². The van der Waals surface area contributed by atoms with Crippen molar-refractivity contribution in [2.75, 3.05) is 6.61 Å². The van der Waals surface area contributed by atoms with Gasteiger partial charge in [0, 0.05) is 24.4 Å². The molecular weight excluding hydrogens is 200 g/mol. The molecule has 3 heteroatoms. The van der Waals surface area contributed by atoms with Gasteiger partial charge in [0.15, 0.2) is 0 Å². The van der Waals surface area contributed by atoms with E-state index in [-0.39, 0.29) is 6.61 Å². The Labute approximate surface area is 94.8 Å². The molecule has 0 bridgehead atoms. The van der Waals surface area contributed by atoms with E-state index in [4.69, 9.17) is 5.11 Å². The van der Waals surface area contributed by atoms with Crippen LogP contribution in [0.15, 0.2) is 36.4 Å². The predicted octanol–water partition coefficient (Wildman–Crippen LogP) is 1.99. The van der Waals surface area contributed by atoms with Crippen molar-refractivity contribution in [3.05, 3.63) is 47.8 Å². The number of pyridine rings is 2. The average Bonchev–Trinajstić information content (AvgIpc) is 2.30. The first-order chi connectivity index (χ1) is 7.79. The zero-order chi connectivity index (χ0) is 11.4. The highest BCUT2D eigenvalue weighted by molar-refractivity contribution is 5.54. The topological polar surface area (TPSA) is 46.0 Å². The number of rotatable bonds is 3. The molecule has 0 saturated carbocycles. The van der Waals surface area contributed by atoms with Gasteiger partial charge < -0.3 is 5.11 Å². The Morgan fingerprint density at radius 1 is 1.00 bits per heavy atom. The number of hydrogen-bond acceptors (Lipinski definition) is 3. The van der Waals surface area contributed by atoms with Crippen LogP contribution >= 0.6 is 0 Å². The number of aliphatic hydroxyl groups is 1. The molecule has 0 amide bonds. The highest BCUT2D eigenvalue weighted by Crippen LogP contribution is 2.15. The molecule has 0 aromatic carbocycles. The van der Waals surface area contributed by atoms with E-state index >= 15 is 0 Å². The normalized spacial score (nSPS) is 10.4. The summed E-state index contributed by atoms with van der Waals surface area (Å²) in [5.41, 5.74) is 3.60. The molecule has 0 aliphatic rings. The Balaban J connectivity index is 2.36. The summed E-state index contributed by atoms with van der Waals surface area (Å²) in [6, 6.07) is 11.7. The molecule has 1 N–H and O–H groups in total. The molecule has 2 aromatic rings. The maximum atomic E-state index is 8.87. The van der Waals surface area contributed by atoms with Crippen molar-refractivity contribution >= 4 is 0 Å². The summed E-state index contributed by atoms with van der Waals surface area (Å²) in [7, 11) is 0.